The first-order valence-electron chi connectivity index (χ1n) is 3.93. The monoisotopic (exact) mass is 207 g/mol. The van der Waals surface area contributed by atoms with E-state index in [0.717, 1.165) is 10.4 Å². The van der Waals surface area contributed by atoms with Crippen LogP contribution in [0.1, 0.15) is 0 Å². The van der Waals surface area contributed by atoms with E-state index in [4.69, 9.17) is 5.73 Å². The highest BCUT2D eigenvalue weighted by Gasteiger charge is 2.08. The fraction of sp³-hybridized carbons (Fsp3) is 0.125. The first kappa shape index (κ1) is 9.01. The number of anilines is 1. The molecule has 0 aliphatic heterocycles. The van der Waals surface area contributed by atoms with E-state index in [1.54, 1.807) is 10.9 Å². The van der Waals surface area contributed by atoms with Gasteiger partial charge in [0.2, 0.25) is 5.95 Å². The summed E-state index contributed by atoms with van der Waals surface area (Å²) >= 11 is 1.52. The molecular formula is C8H9N5S. The summed E-state index contributed by atoms with van der Waals surface area (Å²) in [5.74, 6) is 0.246. The van der Waals surface area contributed by atoms with Crippen LogP contribution in [0.2, 0.25) is 0 Å². The van der Waals surface area contributed by atoms with Crippen LogP contribution >= 0.6 is 11.8 Å². The zero-order valence-electron chi connectivity index (χ0n) is 7.64. The second kappa shape index (κ2) is 3.30. The van der Waals surface area contributed by atoms with Crippen molar-refractivity contribution < 1.29 is 0 Å². The van der Waals surface area contributed by atoms with Gasteiger partial charge >= 0.3 is 0 Å². The van der Waals surface area contributed by atoms with Crippen molar-refractivity contribution in [3.8, 4) is 0 Å². The van der Waals surface area contributed by atoms with Gasteiger partial charge < -0.3 is 5.73 Å². The summed E-state index contributed by atoms with van der Waals surface area (Å²) < 4.78 is 1.60. The van der Waals surface area contributed by atoms with E-state index in [9.17, 15) is 0 Å². The maximum absolute atomic E-state index is 5.54. The Balaban J connectivity index is 2.77. The van der Waals surface area contributed by atoms with Gasteiger partial charge in [0.25, 0.3) is 0 Å². The van der Waals surface area contributed by atoms with Crippen molar-refractivity contribution in [2.45, 2.75) is 5.03 Å². The van der Waals surface area contributed by atoms with Crippen LogP contribution in [0.5, 0.6) is 0 Å². The fourth-order valence-corrected chi connectivity index (χ4v) is 1.71. The van der Waals surface area contributed by atoms with Crippen LogP contribution in [0, 0.1) is 0 Å². The fourth-order valence-electron chi connectivity index (χ4n) is 1.16. The summed E-state index contributed by atoms with van der Waals surface area (Å²) in [6.07, 6.45) is 5.36. The summed E-state index contributed by atoms with van der Waals surface area (Å²) in [6.45, 7) is 3.62. The van der Waals surface area contributed by atoms with Crippen LogP contribution in [-0.2, 0) is 0 Å². The highest BCUT2D eigenvalue weighted by atomic mass is 32.2. The molecule has 0 unspecified atom stereocenters. The van der Waals surface area contributed by atoms with Crippen LogP contribution in [0.4, 0.5) is 5.95 Å². The third kappa shape index (κ3) is 1.33. The molecule has 0 atom stereocenters. The van der Waals surface area contributed by atoms with E-state index in [-0.39, 0.29) is 5.95 Å². The van der Waals surface area contributed by atoms with Gasteiger partial charge in [-0.25, -0.2) is 9.67 Å². The van der Waals surface area contributed by atoms with Crippen LogP contribution in [-0.4, -0.2) is 26.0 Å². The third-order valence-electron chi connectivity index (χ3n) is 1.76. The zero-order chi connectivity index (χ0) is 10.1. The third-order valence-corrected chi connectivity index (χ3v) is 2.46. The standard InChI is InChI=1S/C8H9N5S/c1-3-13-4-5-6(12-13)10-8(9)11-7(5)14-2/h3-4H,1H2,2H3,(H2,9,10,12). The molecule has 0 spiro atoms. The lowest BCUT2D eigenvalue weighted by Gasteiger charge is -1.96. The number of nitrogens with zero attached hydrogens (tertiary/aromatic N) is 4. The number of hydrogen-bond donors (Lipinski definition) is 1. The van der Waals surface area contributed by atoms with Crippen molar-refractivity contribution in [1.29, 1.82) is 0 Å². The maximum atomic E-state index is 5.54. The number of aromatic nitrogens is 4. The van der Waals surface area contributed by atoms with Gasteiger partial charge in [-0.3, -0.25) is 0 Å². The molecule has 6 heteroatoms. The first-order chi connectivity index (χ1) is 6.74. The molecule has 0 aliphatic carbocycles. The molecule has 0 fully saturated rings. The maximum Gasteiger partial charge on any atom is 0.223 e. The Kier molecular flexibility index (Phi) is 2.12. The Morgan fingerprint density at radius 2 is 2.36 bits per heavy atom. The molecule has 0 bridgehead atoms. The van der Waals surface area contributed by atoms with Gasteiger partial charge in [0.15, 0.2) is 5.65 Å². The van der Waals surface area contributed by atoms with Crippen molar-refractivity contribution in [2.24, 2.45) is 0 Å². The van der Waals surface area contributed by atoms with E-state index in [1.165, 1.54) is 11.8 Å². The lowest BCUT2D eigenvalue weighted by Crippen LogP contribution is -1.96. The second-order valence-corrected chi connectivity index (χ2v) is 3.41. The van der Waals surface area contributed by atoms with Crippen molar-refractivity contribution in [3.05, 3.63) is 12.8 Å². The Hall–Kier alpha value is -1.56. The van der Waals surface area contributed by atoms with Crippen molar-refractivity contribution in [3.63, 3.8) is 0 Å². The highest BCUT2D eigenvalue weighted by Crippen LogP contribution is 2.22. The number of nitrogens with two attached hydrogens (primary N) is 1. The predicted octanol–water partition coefficient (Wildman–Crippen LogP) is 1.23. The molecule has 0 saturated carbocycles. The van der Waals surface area contributed by atoms with Crippen molar-refractivity contribution >= 4 is 34.9 Å². The van der Waals surface area contributed by atoms with Crippen molar-refractivity contribution in [2.75, 3.05) is 12.0 Å². The van der Waals surface area contributed by atoms with Gasteiger partial charge in [-0.1, -0.05) is 6.58 Å². The quantitative estimate of drug-likeness (QED) is 0.592. The van der Waals surface area contributed by atoms with Gasteiger partial charge in [-0.05, 0) is 6.26 Å². The van der Waals surface area contributed by atoms with E-state index in [2.05, 4.69) is 21.6 Å². The topological polar surface area (TPSA) is 69.6 Å². The lowest BCUT2D eigenvalue weighted by molar-refractivity contribution is 0.946. The minimum Gasteiger partial charge on any atom is -0.368 e. The minimum absolute atomic E-state index is 0.246. The van der Waals surface area contributed by atoms with Crippen molar-refractivity contribution in [1.82, 2.24) is 19.7 Å². The zero-order valence-corrected chi connectivity index (χ0v) is 8.45. The summed E-state index contributed by atoms with van der Waals surface area (Å²) in [5, 5.41) is 5.88. The highest BCUT2D eigenvalue weighted by molar-refractivity contribution is 7.98. The molecule has 0 amide bonds. The Morgan fingerprint density at radius 1 is 1.57 bits per heavy atom. The molecule has 0 radical (unpaired) electrons. The molecule has 2 heterocycles. The van der Waals surface area contributed by atoms with Gasteiger partial charge in [-0.2, -0.15) is 4.98 Å². The Bertz CT molecular complexity index is 490. The van der Waals surface area contributed by atoms with Crippen LogP contribution < -0.4 is 5.73 Å². The van der Waals surface area contributed by atoms with Gasteiger partial charge in [0, 0.05) is 12.4 Å². The molecule has 72 valence electrons. The van der Waals surface area contributed by atoms with Gasteiger partial charge in [-0.15, -0.1) is 16.9 Å². The SMILES string of the molecule is C=Cn1cc2c(SC)nc(N)nc2n1. The van der Waals surface area contributed by atoms with E-state index in [0.29, 0.717) is 5.65 Å². The Morgan fingerprint density at radius 3 is 3.00 bits per heavy atom. The molecule has 2 aromatic rings. The van der Waals surface area contributed by atoms with E-state index >= 15 is 0 Å². The number of nitrogen functional groups attached to an aromatic ring is 1. The summed E-state index contributed by atoms with van der Waals surface area (Å²) in [7, 11) is 0. The normalized spacial score (nSPS) is 10.6. The molecule has 0 saturated heterocycles. The number of rotatable bonds is 2. The summed E-state index contributed by atoms with van der Waals surface area (Å²) in [6, 6.07) is 0. The number of fused-ring (bicyclic) bond motifs is 1. The molecular weight excluding hydrogens is 198 g/mol. The largest absolute Gasteiger partial charge is 0.368 e. The van der Waals surface area contributed by atoms with Crippen LogP contribution in [0.25, 0.3) is 17.2 Å². The second-order valence-electron chi connectivity index (χ2n) is 2.62. The average molecular weight is 207 g/mol. The number of thioether (sulfide) groups is 1. The van der Waals surface area contributed by atoms with Crippen LogP contribution in [0.3, 0.4) is 0 Å². The molecule has 5 nitrogen and oxygen atoms in total. The average Bonchev–Trinajstić information content (AvgIpc) is 2.59. The van der Waals surface area contributed by atoms with Gasteiger partial charge in [0.1, 0.15) is 5.03 Å². The van der Waals surface area contributed by atoms with Gasteiger partial charge in [0.05, 0.1) is 5.39 Å². The van der Waals surface area contributed by atoms with Crippen LogP contribution in [0.15, 0.2) is 17.8 Å². The summed E-state index contributed by atoms with van der Waals surface area (Å²) in [4.78, 5) is 8.14. The van der Waals surface area contributed by atoms with E-state index < -0.39 is 0 Å². The molecule has 14 heavy (non-hydrogen) atoms. The molecule has 2 aromatic heterocycles. The molecule has 0 aliphatic rings. The summed E-state index contributed by atoms with van der Waals surface area (Å²) in [5.41, 5.74) is 6.14. The Labute approximate surface area is 85.0 Å². The lowest BCUT2D eigenvalue weighted by atomic mass is 10.4. The molecule has 2 N–H and O–H groups in total. The predicted molar refractivity (Wildman–Crippen MR) is 57.9 cm³/mol. The first-order valence-corrected chi connectivity index (χ1v) is 5.16. The smallest absolute Gasteiger partial charge is 0.223 e. The molecule has 2 rings (SSSR count). The van der Waals surface area contributed by atoms with E-state index in [1.807, 2.05) is 12.5 Å². The molecule has 0 aromatic carbocycles. The number of hydrogen-bond acceptors (Lipinski definition) is 5. The minimum atomic E-state index is 0.246.